The van der Waals surface area contributed by atoms with Crippen molar-refractivity contribution in [1.29, 1.82) is 0 Å². The molecular formula is C45H66N2O11S2. The molecule has 2 heterocycles. The third-order valence-corrected chi connectivity index (χ3v) is 13.5. The van der Waals surface area contributed by atoms with E-state index in [2.05, 4.69) is 22.5 Å². The molecule has 2 aromatic carbocycles. The summed E-state index contributed by atoms with van der Waals surface area (Å²) < 4.78 is 87.0. The molecule has 0 aromatic heterocycles. The number of fused-ring (bicyclic) bond motifs is 2. The van der Waals surface area contributed by atoms with Gasteiger partial charge in [0.25, 0.3) is 20.2 Å². The second-order valence-electron chi connectivity index (χ2n) is 16.3. The van der Waals surface area contributed by atoms with Gasteiger partial charge >= 0.3 is 5.97 Å². The van der Waals surface area contributed by atoms with Crippen LogP contribution in [0.2, 0.25) is 0 Å². The monoisotopic (exact) mass is 874 g/mol. The average Bonchev–Trinajstić information content (AvgIpc) is 3.54. The van der Waals surface area contributed by atoms with Gasteiger partial charge in [0.15, 0.2) is 12.3 Å². The fourth-order valence-electron chi connectivity index (χ4n) is 8.74. The van der Waals surface area contributed by atoms with E-state index in [1.165, 1.54) is 12.1 Å². The fourth-order valence-corrected chi connectivity index (χ4v) is 9.82. The molecule has 2 aliphatic rings. The van der Waals surface area contributed by atoms with Crippen LogP contribution in [0.5, 0.6) is 5.75 Å². The quantitative estimate of drug-likeness (QED) is 0.0428. The molecule has 0 radical (unpaired) electrons. The van der Waals surface area contributed by atoms with E-state index in [0.717, 1.165) is 54.0 Å². The third kappa shape index (κ3) is 12.5. The number of unbranched alkanes of at least 4 members (excludes halogenated alkanes) is 3. The Morgan fingerprint density at radius 1 is 0.850 bits per heavy atom. The third-order valence-electron chi connectivity index (χ3n) is 11.8. The van der Waals surface area contributed by atoms with Gasteiger partial charge in [-0.05, 0) is 110 Å². The Morgan fingerprint density at radius 3 is 2.17 bits per heavy atom. The van der Waals surface area contributed by atoms with Crippen molar-refractivity contribution in [2.45, 2.75) is 141 Å². The predicted octanol–water partition coefficient (Wildman–Crippen LogP) is 7.78. The van der Waals surface area contributed by atoms with Crippen LogP contribution in [0.15, 0.2) is 65.2 Å². The smallest absolute Gasteiger partial charge is 0.305 e. The van der Waals surface area contributed by atoms with Crippen LogP contribution in [0.3, 0.4) is 0 Å². The number of benzene rings is 2. The molecule has 2 N–H and O–H groups in total. The van der Waals surface area contributed by atoms with Crippen molar-refractivity contribution in [3.63, 3.8) is 0 Å². The van der Waals surface area contributed by atoms with Crippen molar-refractivity contribution in [2.75, 3.05) is 43.6 Å². The van der Waals surface area contributed by atoms with Crippen molar-refractivity contribution in [3.8, 4) is 5.75 Å². The minimum Gasteiger partial charge on any atom is -0.872 e. The standard InChI is InChI=1S/C45H66N2O11S2/c1-8-56-33(4)24-28-46-39-22-20-35(48)31-37(39)44(6,26-13-11-12-19-43(49)58-10-3)41(46)17-16-18-42-45(7,27-14-15-30-59(50,51)52)38-32-36(60(53,54)55)21-23-40(38)47(42)29-25-34(5)57-9-2/h16-18,20-23,31-34H,8-15,19,24-30H2,1-7H3,(H2-,48,50,51,52,53,54,55). The number of rotatable bonds is 25. The molecule has 4 rings (SSSR count). The summed E-state index contributed by atoms with van der Waals surface area (Å²) in [6.45, 7) is 16.6. The summed E-state index contributed by atoms with van der Waals surface area (Å²) in [5.74, 6) is -0.690. The molecule has 334 valence electrons. The fraction of sp³-hybridized carbons (Fsp3) is 0.600. The van der Waals surface area contributed by atoms with Crippen molar-refractivity contribution >= 4 is 43.3 Å². The van der Waals surface area contributed by atoms with E-state index in [1.54, 1.807) is 25.1 Å². The SMILES string of the molecule is CCOC(=O)CCCCCC1(C)C(/C=C/C=C2/N(CCC(C)OCC)c3ccc(S(=O)(=O)O)cc3C2(C)CCCCS(=O)(=O)O)=[N+](CCC(C)OCC)c2ccc([O-])cc21. The molecule has 0 amide bonds. The van der Waals surface area contributed by atoms with E-state index in [9.17, 15) is 35.8 Å². The van der Waals surface area contributed by atoms with E-state index in [-0.39, 0.29) is 35.2 Å². The van der Waals surface area contributed by atoms with Gasteiger partial charge in [-0.3, -0.25) is 13.9 Å². The Bertz CT molecular complexity index is 2120. The predicted molar refractivity (Wildman–Crippen MR) is 233 cm³/mol. The molecule has 13 nitrogen and oxygen atoms in total. The highest BCUT2D eigenvalue weighted by molar-refractivity contribution is 7.86. The lowest BCUT2D eigenvalue weighted by atomic mass is 9.75. The van der Waals surface area contributed by atoms with Crippen molar-refractivity contribution in [3.05, 3.63) is 71.5 Å². The number of carbonyl (C=O) groups excluding carboxylic acids is 1. The Hall–Kier alpha value is -3.60. The van der Waals surface area contributed by atoms with Gasteiger partial charge in [-0.25, -0.2) is 0 Å². The number of hydrogen-bond donors (Lipinski definition) is 2. The number of hydrogen-bond acceptors (Lipinski definition) is 10. The largest absolute Gasteiger partial charge is 0.872 e. The molecule has 0 fully saturated rings. The Labute approximate surface area is 358 Å². The van der Waals surface area contributed by atoms with Crippen LogP contribution in [0.4, 0.5) is 11.4 Å². The summed E-state index contributed by atoms with van der Waals surface area (Å²) in [6.07, 6.45) is 11.8. The maximum Gasteiger partial charge on any atom is 0.305 e. The number of carbonyl (C=O) groups is 1. The van der Waals surface area contributed by atoms with E-state index in [4.69, 9.17) is 14.2 Å². The van der Waals surface area contributed by atoms with E-state index < -0.39 is 36.8 Å². The second kappa shape index (κ2) is 21.5. The van der Waals surface area contributed by atoms with Gasteiger partial charge < -0.3 is 24.2 Å². The summed E-state index contributed by atoms with van der Waals surface area (Å²) in [7, 11) is -8.73. The molecular weight excluding hydrogens is 809 g/mol. The van der Waals surface area contributed by atoms with Crippen molar-refractivity contribution in [2.24, 2.45) is 0 Å². The normalized spacial score (nSPS) is 20.9. The van der Waals surface area contributed by atoms with Gasteiger partial charge in [-0.2, -0.15) is 21.4 Å². The summed E-state index contributed by atoms with van der Waals surface area (Å²) in [5, 5.41) is 13.0. The maximum atomic E-state index is 13.0. The van der Waals surface area contributed by atoms with Gasteiger partial charge in [0, 0.05) is 67.1 Å². The van der Waals surface area contributed by atoms with E-state index in [0.29, 0.717) is 70.6 Å². The Kier molecular flexibility index (Phi) is 17.5. The average molecular weight is 875 g/mol. The molecule has 0 saturated carbocycles. The first kappa shape index (κ1) is 49.1. The molecule has 4 atom stereocenters. The second-order valence-corrected chi connectivity index (χ2v) is 19.3. The molecule has 15 heteroatoms. The summed E-state index contributed by atoms with van der Waals surface area (Å²) >= 11 is 0. The lowest BCUT2D eigenvalue weighted by Gasteiger charge is -2.31. The molecule has 0 bridgehead atoms. The number of esters is 1. The van der Waals surface area contributed by atoms with Crippen LogP contribution in [0.1, 0.15) is 124 Å². The van der Waals surface area contributed by atoms with Crippen LogP contribution in [0.25, 0.3) is 0 Å². The van der Waals surface area contributed by atoms with Crippen LogP contribution >= 0.6 is 0 Å². The minimum absolute atomic E-state index is 0.00176. The molecule has 0 spiro atoms. The minimum atomic E-state index is -4.54. The highest BCUT2D eigenvalue weighted by Gasteiger charge is 2.48. The van der Waals surface area contributed by atoms with Gasteiger partial charge in [-0.15, -0.1) is 5.75 Å². The Morgan fingerprint density at radius 2 is 1.52 bits per heavy atom. The summed E-state index contributed by atoms with van der Waals surface area (Å²) in [6, 6.07) is 9.81. The number of nitrogens with zero attached hydrogens (tertiary/aromatic N) is 2. The molecule has 2 aromatic rings. The zero-order valence-corrected chi connectivity index (χ0v) is 38.1. The maximum absolute atomic E-state index is 13.0. The molecule has 2 aliphatic heterocycles. The summed E-state index contributed by atoms with van der Waals surface area (Å²) in [4.78, 5) is 14.0. The highest BCUT2D eigenvalue weighted by Crippen LogP contribution is 2.52. The van der Waals surface area contributed by atoms with Crippen LogP contribution in [-0.4, -0.2) is 93.1 Å². The number of ether oxygens (including phenoxy) is 3. The van der Waals surface area contributed by atoms with Crippen LogP contribution in [0, 0.1) is 0 Å². The van der Waals surface area contributed by atoms with Gasteiger partial charge in [0.05, 0.1) is 34.9 Å². The summed E-state index contributed by atoms with van der Waals surface area (Å²) in [5.41, 5.74) is 3.82. The van der Waals surface area contributed by atoms with E-state index >= 15 is 0 Å². The molecule has 60 heavy (non-hydrogen) atoms. The van der Waals surface area contributed by atoms with Gasteiger partial charge in [0.2, 0.25) is 5.69 Å². The zero-order valence-electron chi connectivity index (χ0n) is 36.4. The topological polar surface area (TPSA) is 183 Å². The van der Waals surface area contributed by atoms with Gasteiger partial charge in [0.1, 0.15) is 0 Å². The number of anilines is 1. The zero-order chi connectivity index (χ0) is 44.3. The molecule has 0 saturated heterocycles. The lowest BCUT2D eigenvalue weighted by molar-refractivity contribution is -0.440. The van der Waals surface area contributed by atoms with Gasteiger partial charge in [-0.1, -0.05) is 37.5 Å². The molecule has 4 unspecified atom stereocenters. The first-order valence-corrected chi connectivity index (χ1v) is 24.4. The molecule has 0 aliphatic carbocycles. The van der Waals surface area contributed by atoms with Crippen LogP contribution in [-0.2, 0) is 50.1 Å². The number of allylic oxidation sites excluding steroid dienone is 4. The first-order chi connectivity index (χ1) is 28.3. The van der Waals surface area contributed by atoms with Crippen molar-refractivity contribution < 1.29 is 54.6 Å². The first-order valence-electron chi connectivity index (χ1n) is 21.4. The van der Waals surface area contributed by atoms with Crippen molar-refractivity contribution in [1.82, 2.24) is 0 Å². The van der Waals surface area contributed by atoms with Crippen LogP contribution < -0.4 is 10.0 Å². The lowest BCUT2D eigenvalue weighted by Crippen LogP contribution is -2.32. The Balaban J connectivity index is 1.86. The highest BCUT2D eigenvalue weighted by atomic mass is 32.2. The van der Waals surface area contributed by atoms with E-state index in [1.807, 2.05) is 52.8 Å².